The van der Waals surface area contributed by atoms with E-state index in [9.17, 15) is 13.2 Å². The highest BCUT2D eigenvalue weighted by molar-refractivity contribution is 7.89. The lowest BCUT2D eigenvalue weighted by Gasteiger charge is -2.26. The Morgan fingerprint density at radius 3 is 2.59 bits per heavy atom. The van der Waals surface area contributed by atoms with Crippen molar-refractivity contribution in [1.29, 1.82) is 5.26 Å². The summed E-state index contributed by atoms with van der Waals surface area (Å²) in [5, 5.41) is 11.5. The smallest absolute Gasteiger partial charge is 0.247 e. The molecule has 140 valence electrons. The van der Waals surface area contributed by atoms with Gasteiger partial charge in [0, 0.05) is 23.1 Å². The van der Waals surface area contributed by atoms with Crippen LogP contribution in [0.5, 0.6) is 11.5 Å². The number of benzene rings is 2. The van der Waals surface area contributed by atoms with Crippen LogP contribution >= 0.6 is 23.2 Å². The number of carbonyl (C=O) groups is 1. The molecule has 0 radical (unpaired) electrons. The normalized spacial score (nSPS) is 16.1. The first-order valence-electron chi connectivity index (χ1n) is 8.59. The highest BCUT2D eigenvalue weighted by Crippen LogP contribution is 2.34. The monoisotopic (exact) mass is 427 g/mol. The molecule has 2 aromatic rings. The van der Waals surface area contributed by atoms with Gasteiger partial charge in [0.2, 0.25) is 15.9 Å². The molecule has 1 fully saturated rings. The maximum atomic E-state index is 13.1. The van der Waals surface area contributed by atoms with Crippen LogP contribution in [-0.4, -0.2) is 38.3 Å². The number of rotatable bonds is 4. The van der Waals surface area contributed by atoms with Crippen molar-refractivity contribution in [3.05, 3.63) is 52.0 Å². The molecule has 1 saturated heterocycles. The Balaban J connectivity index is 2.13. The Labute approximate surface area is 168 Å². The molecular formula is C17H13Cl2N3O4S. The molecule has 1 aliphatic heterocycles. The fraction of sp³-hybridized carbons (Fsp3) is 0.176. The van der Waals surface area contributed by atoms with Gasteiger partial charge in [0.25, 0.3) is 0 Å². The molecule has 7 nitrogen and oxygen atoms in total. The molecule has 0 unspecified atom stereocenters. The third-order valence-electron chi connectivity index (χ3n) is 3.63. The lowest BCUT2D eigenvalue weighted by molar-refractivity contribution is -0.122. The Kier molecular flexibility index (Phi) is 4.83. The number of sulfonamides is 1. The minimum atomic E-state index is -4.22. The van der Waals surface area contributed by atoms with E-state index in [1.165, 1.54) is 18.2 Å². The summed E-state index contributed by atoms with van der Waals surface area (Å²) in [7, 11) is -4.22. The second-order valence-electron chi connectivity index (χ2n) is 5.48. The van der Waals surface area contributed by atoms with Gasteiger partial charge in [-0.25, -0.2) is 8.42 Å². The van der Waals surface area contributed by atoms with Crippen LogP contribution in [0.15, 0.2) is 41.2 Å². The van der Waals surface area contributed by atoms with E-state index in [0.717, 1.165) is 10.4 Å². The highest BCUT2D eigenvalue weighted by Gasteiger charge is 2.32. The van der Waals surface area contributed by atoms with Crippen molar-refractivity contribution in [2.24, 2.45) is 0 Å². The number of nitrogens with one attached hydrogen (secondary N) is 1. The molecule has 0 saturated carbocycles. The van der Waals surface area contributed by atoms with E-state index in [0.29, 0.717) is 0 Å². The lowest BCUT2D eigenvalue weighted by Crippen LogP contribution is -2.49. The number of amides is 1. The second kappa shape index (κ2) is 7.74. The van der Waals surface area contributed by atoms with Gasteiger partial charge in [-0.2, -0.15) is 9.57 Å². The van der Waals surface area contributed by atoms with Crippen molar-refractivity contribution in [1.82, 2.24) is 9.62 Å². The molecule has 0 atom stereocenters. The van der Waals surface area contributed by atoms with Gasteiger partial charge in [0.15, 0.2) is 0 Å². The summed E-state index contributed by atoms with van der Waals surface area (Å²) in [4.78, 5) is 11.3. The van der Waals surface area contributed by atoms with Crippen molar-refractivity contribution >= 4 is 39.1 Å². The van der Waals surface area contributed by atoms with Crippen LogP contribution in [0, 0.1) is 11.3 Å². The largest absolute Gasteiger partial charge is 0.456 e. The van der Waals surface area contributed by atoms with Crippen molar-refractivity contribution in [3.8, 4) is 17.6 Å². The first-order chi connectivity index (χ1) is 13.6. The molecule has 1 heterocycles. The Morgan fingerprint density at radius 1 is 1.26 bits per heavy atom. The summed E-state index contributed by atoms with van der Waals surface area (Å²) in [6, 6.07) is 6.05. The summed E-state index contributed by atoms with van der Waals surface area (Å²) in [6.07, 6.45) is 0. The van der Waals surface area contributed by atoms with Crippen LogP contribution in [0.1, 0.15) is 8.30 Å². The zero-order chi connectivity index (χ0) is 21.3. The third-order valence-corrected chi connectivity index (χ3v) is 5.90. The van der Waals surface area contributed by atoms with E-state index in [4.69, 9.17) is 35.9 Å². The standard InChI is InChI=1S/C17H13Cl2N3O4S/c18-12-6-13(19)8-14(7-12)26-15-2-1-11(9-20)5-16(15)27(24,25)22-4-3-21-17(23)10-22/h1-2,5-8H,3-4,10H2,(H,21,23)/i7D,8D. The van der Waals surface area contributed by atoms with Crippen LogP contribution in [0.2, 0.25) is 10.0 Å². The van der Waals surface area contributed by atoms with Crippen molar-refractivity contribution < 1.29 is 20.7 Å². The quantitative estimate of drug-likeness (QED) is 0.808. The van der Waals surface area contributed by atoms with Crippen LogP contribution in [-0.2, 0) is 14.8 Å². The maximum Gasteiger partial charge on any atom is 0.247 e. The van der Waals surface area contributed by atoms with E-state index < -0.39 is 15.9 Å². The zero-order valence-electron chi connectivity index (χ0n) is 15.6. The number of carbonyl (C=O) groups excluding carboxylic acids is 1. The summed E-state index contributed by atoms with van der Waals surface area (Å²) in [5.41, 5.74) is 0.0544. The molecular weight excluding hydrogens is 413 g/mol. The molecule has 0 spiro atoms. The van der Waals surface area contributed by atoms with Crippen molar-refractivity contribution in [2.75, 3.05) is 19.6 Å². The van der Waals surface area contributed by atoms with E-state index in [2.05, 4.69) is 5.32 Å². The number of hydrogen-bond acceptors (Lipinski definition) is 5. The van der Waals surface area contributed by atoms with E-state index >= 15 is 0 Å². The summed E-state index contributed by atoms with van der Waals surface area (Å²) in [6.45, 7) is -0.195. The number of halogens is 2. The molecule has 27 heavy (non-hydrogen) atoms. The summed E-state index contributed by atoms with van der Waals surface area (Å²) < 4.78 is 48.8. The topological polar surface area (TPSA) is 99.5 Å². The van der Waals surface area contributed by atoms with Gasteiger partial charge in [-0.05, 0) is 36.4 Å². The predicted molar refractivity (Wildman–Crippen MR) is 99.5 cm³/mol. The highest BCUT2D eigenvalue weighted by atomic mass is 35.5. The first kappa shape index (κ1) is 16.8. The Morgan fingerprint density at radius 2 is 1.96 bits per heavy atom. The average molecular weight is 428 g/mol. The Bertz CT molecular complexity index is 1130. The molecule has 2 aromatic carbocycles. The molecule has 0 aromatic heterocycles. The maximum absolute atomic E-state index is 13.1. The summed E-state index contributed by atoms with van der Waals surface area (Å²) >= 11 is 11.8. The van der Waals surface area contributed by atoms with E-state index in [-0.39, 0.29) is 63.7 Å². The first-order valence-corrected chi connectivity index (χ1v) is 9.78. The van der Waals surface area contributed by atoms with Crippen LogP contribution in [0.3, 0.4) is 0 Å². The fourth-order valence-corrected chi connectivity index (χ4v) is 4.40. The number of ether oxygens (including phenoxy) is 1. The minimum absolute atomic E-state index is 0.0423. The third kappa shape index (κ3) is 4.34. The van der Waals surface area contributed by atoms with Crippen LogP contribution in [0.25, 0.3) is 0 Å². The second-order valence-corrected chi connectivity index (χ2v) is 8.20. The fourth-order valence-electron chi connectivity index (χ4n) is 2.42. The van der Waals surface area contributed by atoms with Crippen molar-refractivity contribution in [2.45, 2.75) is 4.90 Å². The number of hydrogen-bond donors (Lipinski definition) is 1. The lowest BCUT2D eigenvalue weighted by atomic mass is 10.2. The minimum Gasteiger partial charge on any atom is -0.456 e. The molecule has 0 bridgehead atoms. The SMILES string of the molecule is [2H]c1c(Cl)cc(Cl)c([2H])c1Oc1ccc(C#N)cc1S(=O)(=O)N1CCNC(=O)C1. The average Bonchev–Trinajstić information content (AvgIpc) is 2.69. The van der Waals surface area contributed by atoms with Gasteiger partial charge in [0.05, 0.1) is 20.9 Å². The van der Waals surface area contributed by atoms with Crippen LogP contribution < -0.4 is 10.1 Å². The zero-order valence-corrected chi connectivity index (χ0v) is 16.0. The van der Waals surface area contributed by atoms with Gasteiger partial charge in [0.1, 0.15) is 16.4 Å². The number of piperazine rings is 1. The molecule has 1 aliphatic rings. The van der Waals surface area contributed by atoms with Crippen LogP contribution in [0.4, 0.5) is 0 Å². The Hall–Kier alpha value is -2.31. The van der Waals surface area contributed by atoms with Gasteiger partial charge in [-0.1, -0.05) is 23.2 Å². The van der Waals surface area contributed by atoms with Gasteiger partial charge in [-0.15, -0.1) is 0 Å². The van der Waals surface area contributed by atoms with Gasteiger partial charge >= 0.3 is 0 Å². The predicted octanol–water partition coefficient (Wildman–Crippen LogP) is 2.78. The van der Waals surface area contributed by atoms with Gasteiger partial charge < -0.3 is 10.1 Å². The van der Waals surface area contributed by atoms with E-state index in [1.807, 2.05) is 6.07 Å². The molecule has 10 heteroatoms. The van der Waals surface area contributed by atoms with E-state index in [1.54, 1.807) is 0 Å². The molecule has 1 N–H and O–H groups in total. The molecule has 3 rings (SSSR count). The van der Waals surface area contributed by atoms with Gasteiger partial charge in [-0.3, -0.25) is 4.79 Å². The van der Waals surface area contributed by atoms with Crippen molar-refractivity contribution in [3.63, 3.8) is 0 Å². The number of nitrogens with zero attached hydrogens (tertiary/aromatic N) is 2. The number of nitriles is 1. The summed E-state index contributed by atoms with van der Waals surface area (Å²) in [5.74, 6) is -1.02. The molecule has 0 aliphatic carbocycles. The molecule has 1 amide bonds.